The molecule has 2 aliphatic rings. The predicted molar refractivity (Wildman–Crippen MR) is 64.0 cm³/mol. The minimum atomic E-state index is -0.431. The van der Waals surface area contributed by atoms with E-state index in [0.29, 0.717) is 12.6 Å². The summed E-state index contributed by atoms with van der Waals surface area (Å²) in [6, 6.07) is 0.391. The average molecular weight is 242 g/mol. The van der Waals surface area contributed by atoms with Crippen LogP contribution in [0.5, 0.6) is 0 Å². The van der Waals surface area contributed by atoms with E-state index < -0.39 is 5.60 Å². The van der Waals surface area contributed by atoms with Crippen LogP contribution in [0.1, 0.15) is 27.2 Å². The lowest BCUT2D eigenvalue weighted by atomic mass is 10.0. The second-order valence-corrected chi connectivity index (χ2v) is 5.68. The summed E-state index contributed by atoms with van der Waals surface area (Å²) in [6.45, 7) is 8.67. The maximum atomic E-state index is 11.9. The lowest BCUT2D eigenvalue weighted by molar-refractivity contribution is -0.0532. The van der Waals surface area contributed by atoms with E-state index in [-0.39, 0.29) is 12.2 Å². The number of hydrogen-bond donors (Lipinski definition) is 1. The number of rotatable bonds is 0. The van der Waals surface area contributed by atoms with Crippen molar-refractivity contribution in [3.63, 3.8) is 0 Å². The number of hydrogen-bond acceptors (Lipinski definition) is 4. The van der Waals surface area contributed by atoms with E-state index in [4.69, 9.17) is 9.47 Å². The van der Waals surface area contributed by atoms with Gasteiger partial charge in [-0.2, -0.15) is 0 Å². The summed E-state index contributed by atoms with van der Waals surface area (Å²) in [7, 11) is 0. The van der Waals surface area contributed by atoms with Crippen LogP contribution in [0.15, 0.2) is 0 Å². The van der Waals surface area contributed by atoms with E-state index in [0.717, 1.165) is 26.1 Å². The van der Waals surface area contributed by atoms with Crippen LogP contribution >= 0.6 is 0 Å². The van der Waals surface area contributed by atoms with Gasteiger partial charge in [0.25, 0.3) is 0 Å². The average Bonchev–Trinajstić information content (AvgIpc) is 2.26. The van der Waals surface area contributed by atoms with Gasteiger partial charge in [0.05, 0.1) is 19.3 Å². The summed E-state index contributed by atoms with van der Waals surface area (Å²) in [4.78, 5) is 13.7. The van der Waals surface area contributed by atoms with Gasteiger partial charge in [0.2, 0.25) is 0 Å². The fourth-order valence-corrected chi connectivity index (χ4v) is 2.27. The minimum absolute atomic E-state index is 0.116. The highest BCUT2D eigenvalue weighted by atomic mass is 16.6. The molecular formula is C12H22N2O3. The Morgan fingerprint density at radius 3 is 2.94 bits per heavy atom. The fourth-order valence-electron chi connectivity index (χ4n) is 2.27. The molecule has 5 heteroatoms. The van der Waals surface area contributed by atoms with Crippen molar-refractivity contribution in [1.29, 1.82) is 0 Å². The second kappa shape index (κ2) is 4.82. The summed E-state index contributed by atoms with van der Waals surface area (Å²) in [5.74, 6) is 0. The number of nitrogens with zero attached hydrogens (tertiary/aromatic N) is 1. The molecule has 2 heterocycles. The van der Waals surface area contributed by atoms with Crippen LogP contribution in [-0.2, 0) is 9.47 Å². The van der Waals surface area contributed by atoms with Crippen molar-refractivity contribution < 1.29 is 14.3 Å². The number of piperidine rings is 1. The SMILES string of the molecule is CC(C)(C)OC(=O)N1CCC2NCCOC2C1. The summed E-state index contributed by atoms with van der Waals surface area (Å²) in [5.41, 5.74) is -0.431. The molecule has 0 spiro atoms. The number of nitrogens with one attached hydrogen (secondary N) is 1. The van der Waals surface area contributed by atoms with Crippen molar-refractivity contribution in [2.45, 2.75) is 44.9 Å². The standard InChI is InChI=1S/C12H22N2O3/c1-12(2,3)17-11(15)14-6-4-9-10(8-14)16-7-5-13-9/h9-10,13H,4-8H2,1-3H3. The van der Waals surface area contributed by atoms with Gasteiger partial charge in [-0.25, -0.2) is 4.79 Å². The summed E-state index contributed by atoms with van der Waals surface area (Å²) < 4.78 is 11.0. The highest BCUT2D eigenvalue weighted by Gasteiger charge is 2.35. The maximum absolute atomic E-state index is 11.9. The number of carbonyl (C=O) groups is 1. The van der Waals surface area contributed by atoms with Crippen molar-refractivity contribution in [3.8, 4) is 0 Å². The highest BCUT2D eigenvalue weighted by Crippen LogP contribution is 2.19. The zero-order chi connectivity index (χ0) is 12.5. The van der Waals surface area contributed by atoms with Crippen molar-refractivity contribution in [2.75, 3.05) is 26.2 Å². The minimum Gasteiger partial charge on any atom is -0.444 e. The molecule has 1 N–H and O–H groups in total. The molecule has 98 valence electrons. The molecular weight excluding hydrogens is 220 g/mol. The van der Waals surface area contributed by atoms with Crippen molar-refractivity contribution in [3.05, 3.63) is 0 Å². The molecule has 0 aromatic rings. The van der Waals surface area contributed by atoms with Gasteiger partial charge in [0, 0.05) is 19.1 Å². The Balaban J connectivity index is 1.89. The van der Waals surface area contributed by atoms with Gasteiger partial charge < -0.3 is 19.7 Å². The number of morpholine rings is 1. The van der Waals surface area contributed by atoms with Crippen LogP contribution in [-0.4, -0.2) is 55.0 Å². The van der Waals surface area contributed by atoms with E-state index in [9.17, 15) is 4.79 Å². The van der Waals surface area contributed by atoms with E-state index >= 15 is 0 Å². The van der Waals surface area contributed by atoms with Crippen LogP contribution in [0.3, 0.4) is 0 Å². The van der Waals surface area contributed by atoms with Crippen molar-refractivity contribution in [2.24, 2.45) is 0 Å². The molecule has 0 radical (unpaired) electrons. The van der Waals surface area contributed by atoms with E-state index in [2.05, 4.69) is 5.32 Å². The lowest BCUT2D eigenvalue weighted by Crippen LogP contribution is -2.59. The molecule has 2 fully saturated rings. The molecule has 2 rings (SSSR count). The first-order chi connectivity index (χ1) is 7.96. The van der Waals surface area contributed by atoms with Crippen LogP contribution in [0.2, 0.25) is 0 Å². The Hall–Kier alpha value is -0.810. The number of fused-ring (bicyclic) bond motifs is 1. The summed E-state index contributed by atoms with van der Waals surface area (Å²) >= 11 is 0. The number of amides is 1. The molecule has 0 saturated carbocycles. The molecule has 1 amide bonds. The van der Waals surface area contributed by atoms with Crippen LogP contribution in [0, 0.1) is 0 Å². The molecule has 0 bridgehead atoms. The molecule has 2 unspecified atom stereocenters. The third-order valence-electron chi connectivity index (χ3n) is 3.05. The van der Waals surface area contributed by atoms with Gasteiger partial charge in [0.1, 0.15) is 5.60 Å². The first-order valence-electron chi connectivity index (χ1n) is 6.28. The third-order valence-corrected chi connectivity index (χ3v) is 3.05. The normalized spacial score (nSPS) is 29.7. The number of likely N-dealkylation sites (tertiary alicyclic amines) is 1. The van der Waals surface area contributed by atoms with Crippen molar-refractivity contribution >= 4 is 6.09 Å². The van der Waals surface area contributed by atoms with E-state index in [1.54, 1.807) is 4.90 Å². The quantitative estimate of drug-likeness (QED) is 0.688. The molecule has 17 heavy (non-hydrogen) atoms. The van der Waals surface area contributed by atoms with E-state index in [1.807, 2.05) is 20.8 Å². The number of carbonyl (C=O) groups excluding carboxylic acids is 1. The smallest absolute Gasteiger partial charge is 0.410 e. The highest BCUT2D eigenvalue weighted by molar-refractivity contribution is 5.68. The van der Waals surface area contributed by atoms with Gasteiger partial charge >= 0.3 is 6.09 Å². The Morgan fingerprint density at radius 2 is 2.24 bits per heavy atom. The first-order valence-corrected chi connectivity index (χ1v) is 6.28. The van der Waals surface area contributed by atoms with E-state index in [1.165, 1.54) is 0 Å². The predicted octanol–water partition coefficient (Wildman–Crippen LogP) is 0.984. The summed E-state index contributed by atoms with van der Waals surface area (Å²) in [6.07, 6.45) is 0.819. The Kier molecular flexibility index (Phi) is 3.58. The maximum Gasteiger partial charge on any atom is 0.410 e. The Bertz CT molecular complexity index is 288. The molecule has 2 atom stereocenters. The van der Waals surface area contributed by atoms with Gasteiger partial charge in [-0.15, -0.1) is 0 Å². The van der Waals surface area contributed by atoms with Crippen LogP contribution in [0.4, 0.5) is 4.79 Å². The Morgan fingerprint density at radius 1 is 1.47 bits per heavy atom. The van der Waals surface area contributed by atoms with Crippen LogP contribution < -0.4 is 5.32 Å². The van der Waals surface area contributed by atoms with Gasteiger partial charge in [0.15, 0.2) is 0 Å². The van der Waals surface area contributed by atoms with Crippen LogP contribution in [0.25, 0.3) is 0 Å². The van der Waals surface area contributed by atoms with Gasteiger partial charge in [-0.3, -0.25) is 0 Å². The first kappa shape index (κ1) is 12.6. The third kappa shape index (κ3) is 3.33. The molecule has 0 aromatic heterocycles. The number of ether oxygens (including phenoxy) is 2. The topological polar surface area (TPSA) is 50.8 Å². The molecule has 5 nitrogen and oxygen atoms in total. The molecule has 2 saturated heterocycles. The Labute approximate surface area is 102 Å². The fraction of sp³-hybridized carbons (Fsp3) is 0.917. The van der Waals surface area contributed by atoms with Gasteiger partial charge in [-0.05, 0) is 27.2 Å². The molecule has 0 aliphatic carbocycles. The zero-order valence-corrected chi connectivity index (χ0v) is 10.9. The van der Waals surface area contributed by atoms with Crippen molar-refractivity contribution in [1.82, 2.24) is 10.2 Å². The van der Waals surface area contributed by atoms with Gasteiger partial charge in [-0.1, -0.05) is 0 Å². The second-order valence-electron chi connectivity index (χ2n) is 5.68. The summed E-state index contributed by atoms with van der Waals surface area (Å²) in [5, 5.41) is 3.42. The molecule has 0 aromatic carbocycles. The lowest BCUT2D eigenvalue weighted by Gasteiger charge is -2.41. The molecule has 2 aliphatic heterocycles. The zero-order valence-electron chi connectivity index (χ0n) is 10.9. The monoisotopic (exact) mass is 242 g/mol. The largest absolute Gasteiger partial charge is 0.444 e.